The standard InChI is InChI=1S/C14H10BrClFNO/c15-11-3-2-10(17)5-9(11)7-14(19)8-1-4-12(16)13(18)6-8/h1-6H,7,18H2. The number of anilines is 1. The average molecular weight is 343 g/mol. The van der Waals surface area contributed by atoms with Crippen LogP contribution >= 0.6 is 27.5 Å². The van der Waals surface area contributed by atoms with Gasteiger partial charge in [0.1, 0.15) is 5.82 Å². The van der Waals surface area contributed by atoms with Crippen molar-refractivity contribution in [3.8, 4) is 0 Å². The van der Waals surface area contributed by atoms with Gasteiger partial charge in [0.15, 0.2) is 5.78 Å². The zero-order valence-electron chi connectivity index (χ0n) is 9.79. The normalized spacial score (nSPS) is 10.5. The van der Waals surface area contributed by atoms with Crippen LogP contribution < -0.4 is 5.73 Å². The minimum atomic E-state index is -0.373. The van der Waals surface area contributed by atoms with E-state index < -0.39 is 0 Å². The van der Waals surface area contributed by atoms with E-state index in [1.807, 2.05) is 0 Å². The molecule has 0 bridgehead atoms. The first-order valence-corrected chi connectivity index (χ1v) is 6.66. The molecule has 0 aromatic heterocycles. The molecular weight excluding hydrogens is 333 g/mol. The largest absolute Gasteiger partial charge is 0.398 e. The van der Waals surface area contributed by atoms with Crippen LogP contribution in [0.5, 0.6) is 0 Å². The van der Waals surface area contributed by atoms with Crippen molar-refractivity contribution in [2.75, 3.05) is 5.73 Å². The third-order valence-corrected chi connectivity index (χ3v) is 3.79. The minimum Gasteiger partial charge on any atom is -0.398 e. The molecule has 0 unspecified atom stereocenters. The maximum Gasteiger partial charge on any atom is 0.167 e. The van der Waals surface area contributed by atoms with Crippen LogP contribution in [0.2, 0.25) is 5.02 Å². The Labute approximate surface area is 123 Å². The van der Waals surface area contributed by atoms with E-state index in [4.69, 9.17) is 17.3 Å². The second-order valence-electron chi connectivity index (χ2n) is 4.07. The van der Waals surface area contributed by atoms with Crippen molar-refractivity contribution >= 4 is 39.0 Å². The lowest BCUT2D eigenvalue weighted by Crippen LogP contribution is -2.05. The second kappa shape index (κ2) is 5.72. The van der Waals surface area contributed by atoms with Crippen LogP contribution in [-0.2, 0) is 6.42 Å². The van der Waals surface area contributed by atoms with Crippen molar-refractivity contribution in [2.45, 2.75) is 6.42 Å². The van der Waals surface area contributed by atoms with Gasteiger partial charge in [0.25, 0.3) is 0 Å². The van der Waals surface area contributed by atoms with Gasteiger partial charge >= 0.3 is 0 Å². The third-order valence-electron chi connectivity index (χ3n) is 2.68. The molecule has 5 heteroatoms. The number of rotatable bonds is 3. The number of hydrogen-bond donors (Lipinski definition) is 1. The van der Waals surface area contributed by atoms with Gasteiger partial charge in [0.2, 0.25) is 0 Å². The van der Waals surface area contributed by atoms with Gasteiger partial charge in [0, 0.05) is 16.5 Å². The highest BCUT2D eigenvalue weighted by atomic mass is 79.9. The molecule has 0 heterocycles. The second-order valence-corrected chi connectivity index (χ2v) is 5.33. The molecular formula is C14H10BrClFNO. The summed E-state index contributed by atoms with van der Waals surface area (Å²) in [5.74, 6) is -0.517. The van der Waals surface area contributed by atoms with Gasteiger partial charge in [0.05, 0.1) is 10.7 Å². The monoisotopic (exact) mass is 341 g/mol. The Morgan fingerprint density at radius 1 is 1.26 bits per heavy atom. The summed E-state index contributed by atoms with van der Waals surface area (Å²) < 4.78 is 13.8. The number of benzene rings is 2. The molecule has 0 aliphatic carbocycles. The van der Waals surface area contributed by atoms with Crippen molar-refractivity contribution in [1.29, 1.82) is 0 Å². The number of nitrogens with two attached hydrogens (primary N) is 1. The molecule has 0 saturated heterocycles. The van der Waals surface area contributed by atoms with Crippen molar-refractivity contribution in [1.82, 2.24) is 0 Å². The SMILES string of the molecule is Nc1cc(C(=O)Cc2cc(F)ccc2Br)ccc1Cl. The first kappa shape index (κ1) is 14.0. The molecule has 0 fully saturated rings. The molecule has 0 radical (unpaired) electrons. The van der Waals surface area contributed by atoms with Crippen molar-refractivity contribution < 1.29 is 9.18 Å². The Kier molecular flexibility index (Phi) is 4.22. The Hall–Kier alpha value is -1.39. The number of ketones is 1. The molecule has 2 rings (SSSR count). The van der Waals surface area contributed by atoms with Crippen LogP contribution in [0.15, 0.2) is 40.9 Å². The van der Waals surface area contributed by atoms with Gasteiger partial charge in [-0.3, -0.25) is 4.79 Å². The smallest absolute Gasteiger partial charge is 0.167 e. The summed E-state index contributed by atoms with van der Waals surface area (Å²) >= 11 is 9.09. The summed E-state index contributed by atoms with van der Waals surface area (Å²) in [4.78, 5) is 12.1. The van der Waals surface area contributed by atoms with Gasteiger partial charge in [-0.1, -0.05) is 27.5 Å². The highest BCUT2D eigenvalue weighted by molar-refractivity contribution is 9.10. The zero-order chi connectivity index (χ0) is 14.0. The van der Waals surface area contributed by atoms with Crippen molar-refractivity contribution in [3.63, 3.8) is 0 Å². The Balaban J connectivity index is 2.25. The zero-order valence-corrected chi connectivity index (χ0v) is 12.1. The van der Waals surface area contributed by atoms with E-state index in [0.717, 1.165) is 0 Å². The maximum atomic E-state index is 13.1. The molecule has 2 nitrogen and oxygen atoms in total. The Bertz CT molecular complexity index is 645. The van der Waals surface area contributed by atoms with E-state index >= 15 is 0 Å². The topological polar surface area (TPSA) is 43.1 Å². The predicted octanol–water partition coefficient (Wildman–Crippen LogP) is 4.25. The van der Waals surface area contributed by atoms with Crippen molar-refractivity contribution in [2.24, 2.45) is 0 Å². The van der Waals surface area contributed by atoms with Crippen LogP contribution in [0.3, 0.4) is 0 Å². The fraction of sp³-hybridized carbons (Fsp3) is 0.0714. The molecule has 0 spiro atoms. The quantitative estimate of drug-likeness (QED) is 0.669. The average Bonchev–Trinajstić information content (AvgIpc) is 2.37. The fourth-order valence-electron chi connectivity index (χ4n) is 1.67. The van der Waals surface area contributed by atoms with E-state index in [0.29, 0.717) is 26.3 Å². The van der Waals surface area contributed by atoms with Gasteiger partial charge in [-0.05, 0) is 42.0 Å². The first-order chi connectivity index (χ1) is 8.97. The molecule has 0 aliphatic rings. The van der Waals surface area contributed by atoms with E-state index in [-0.39, 0.29) is 18.0 Å². The van der Waals surface area contributed by atoms with E-state index in [1.165, 1.54) is 18.2 Å². The highest BCUT2D eigenvalue weighted by Gasteiger charge is 2.11. The lowest BCUT2D eigenvalue weighted by molar-refractivity contribution is 0.0993. The number of carbonyl (C=O) groups excluding carboxylic acids is 1. The molecule has 0 atom stereocenters. The molecule has 0 amide bonds. The summed E-state index contributed by atoms with van der Waals surface area (Å²) in [6.07, 6.45) is 0.0966. The van der Waals surface area contributed by atoms with Crippen molar-refractivity contribution in [3.05, 3.63) is 62.8 Å². The summed E-state index contributed by atoms with van der Waals surface area (Å²) in [6, 6.07) is 8.95. The van der Waals surface area contributed by atoms with Gasteiger partial charge in [-0.25, -0.2) is 4.39 Å². The molecule has 0 aliphatic heterocycles. The van der Waals surface area contributed by atoms with E-state index in [2.05, 4.69) is 15.9 Å². The van der Waals surface area contributed by atoms with Gasteiger partial charge in [-0.15, -0.1) is 0 Å². The predicted molar refractivity (Wildman–Crippen MR) is 78.0 cm³/mol. The number of hydrogen-bond acceptors (Lipinski definition) is 2. The molecule has 19 heavy (non-hydrogen) atoms. The van der Waals surface area contributed by atoms with Crippen LogP contribution in [0.25, 0.3) is 0 Å². The molecule has 2 aromatic rings. The Morgan fingerprint density at radius 3 is 2.68 bits per heavy atom. The summed E-state index contributed by atoms with van der Waals surface area (Å²) in [5, 5.41) is 0.406. The summed E-state index contributed by atoms with van der Waals surface area (Å²) in [7, 11) is 0. The number of Topliss-reactive ketones (excluding diaryl/α,β-unsaturated/α-hetero) is 1. The van der Waals surface area contributed by atoms with Crippen LogP contribution in [0, 0.1) is 5.82 Å². The van der Waals surface area contributed by atoms with Crippen LogP contribution in [0.4, 0.5) is 10.1 Å². The Morgan fingerprint density at radius 2 is 2.00 bits per heavy atom. The highest BCUT2D eigenvalue weighted by Crippen LogP contribution is 2.23. The number of carbonyl (C=O) groups is 1. The minimum absolute atomic E-state index is 0.0966. The molecule has 2 N–H and O–H groups in total. The fourth-order valence-corrected chi connectivity index (χ4v) is 2.18. The number of halogens is 3. The van der Waals surface area contributed by atoms with E-state index in [1.54, 1.807) is 18.2 Å². The third kappa shape index (κ3) is 3.33. The first-order valence-electron chi connectivity index (χ1n) is 5.49. The molecule has 98 valence electrons. The molecule has 0 saturated carbocycles. The lowest BCUT2D eigenvalue weighted by Gasteiger charge is -2.06. The summed E-state index contributed by atoms with van der Waals surface area (Å²) in [6.45, 7) is 0. The van der Waals surface area contributed by atoms with Crippen LogP contribution in [-0.4, -0.2) is 5.78 Å². The lowest BCUT2D eigenvalue weighted by atomic mass is 10.0. The molecule has 2 aromatic carbocycles. The van der Waals surface area contributed by atoms with Gasteiger partial charge < -0.3 is 5.73 Å². The maximum absolute atomic E-state index is 13.1. The number of nitrogen functional groups attached to an aromatic ring is 1. The van der Waals surface area contributed by atoms with Crippen LogP contribution in [0.1, 0.15) is 15.9 Å². The van der Waals surface area contributed by atoms with Gasteiger partial charge in [-0.2, -0.15) is 0 Å². The summed E-state index contributed by atoms with van der Waals surface area (Å²) in [5.41, 5.74) is 7.06. The van der Waals surface area contributed by atoms with E-state index in [9.17, 15) is 9.18 Å².